The molecule has 4 aromatic rings. The molecule has 4 rings (SSSR count). The van der Waals surface area contributed by atoms with Gasteiger partial charge in [0.15, 0.2) is 11.0 Å². The normalized spacial score (nSPS) is 10.8. The minimum absolute atomic E-state index is 0.0608. The van der Waals surface area contributed by atoms with E-state index in [0.29, 0.717) is 42.9 Å². The first-order valence-corrected chi connectivity index (χ1v) is 13.5. The van der Waals surface area contributed by atoms with Crippen molar-refractivity contribution in [3.63, 3.8) is 0 Å². The van der Waals surface area contributed by atoms with E-state index in [2.05, 4.69) is 15.5 Å². The Morgan fingerprint density at radius 1 is 1.14 bits per heavy atom. The molecule has 2 aromatic heterocycles. The highest BCUT2D eigenvalue weighted by molar-refractivity contribution is 7.99. The summed E-state index contributed by atoms with van der Waals surface area (Å²) in [5.74, 6) is 0.239. The molecule has 0 aliphatic rings. The van der Waals surface area contributed by atoms with Gasteiger partial charge in [-0.15, -0.1) is 21.5 Å². The van der Waals surface area contributed by atoms with Gasteiger partial charge in [0, 0.05) is 29.1 Å². The van der Waals surface area contributed by atoms with Gasteiger partial charge in [0.1, 0.15) is 22.9 Å². The zero-order chi connectivity index (χ0) is 26.5. The zero-order valence-electron chi connectivity index (χ0n) is 20.1. The molecule has 0 radical (unpaired) electrons. The van der Waals surface area contributed by atoms with Crippen LogP contribution in [0.4, 0.5) is 5.00 Å². The van der Waals surface area contributed by atoms with E-state index in [1.54, 1.807) is 29.8 Å². The van der Waals surface area contributed by atoms with Crippen molar-refractivity contribution >= 4 is 63.2 Å². The van der Waals surface area contributed by atoms with Crippen LogP contribution in [-0.2, 0) is 23.2 Å². The number of thioether (sulfide) groups is 1. The Hall–Kier alpha value is -3.05. The minimum Gasteiger partial charge on any atom is -0.484 e. The summed E-state index contributed by atoms with van der Waals surface area (Å²) in [5.41, 5.74) is 3.01. The van der Waals surface area contributed by atoms with Crippen molar-refractivity contribution in [2.45, 2.75) is 18.7 Å². The van der Waals surface area contributed by atoms with Gasteiger partial charge in [-0.25, -0.2) is 4.79 Å². The Morgan fingerprint density at radius 3 is 2.62 bits per heavy atom. The first-order valence-electron chi connectivity index (χ1n) is 10.9. The van der Waals surface area contributed by atoms with E-state index in [1.807, 2.05) is 36.6 Å². The molecule has 37 heavy (non-hydrogen) atoms. The number of thiophene rings is 1. The molecule has 0 aliphatic heterocycles. The fourth-order valence-corrected chi connectivity index (χ4v) is 5.36. The molecule has 192 valence electrons. The minimum atomic E-state index is -0.516. The molecule has 1 amide bonds. The van der Waals surface area contributed by atoms with Crippen LogP contribution in [0.1, 0.15) is 21.7 Å². The monoisotopic (exact) mass is 576 g/mol. The molecule has 8 nitrogen and oxygen atoms in total. The molecular weight excluding hydrogens is 555 g/mol. The Labute approximate surface area is 231 Å². The van der Waals surface area contributed by atoms with Crippen molar-refractivity contribution in [1.82, 2.24) is 14.8 Å². The molecule has 0 saturated heterocycles. The molecule has 0 saturated carbocycles. The standard InChI is InChI=1S/C25H22Cl2N4O4S2/c1-14-4-6-15(7-5-14)17-12-36-23(22(17)24(33)34-3)28-21(32)13-37-25-30-29-20(31(25)2)11-35-19-10-16(26)8-9-18(19)27/h4-10,12H,11,13H2,1-3H3,(H,28,32). The fourth-order valence-electron chi connectivity index (χ4n) is 3.32. The van der Waals surface area contributed by atoms with Crippen molar-refractivity contribution in [2.75, 3.05) is 18.2 Å². The maximum atomic E-state index is 12.8. The number of amides is 1. The zero-order valence-corrected chi connectivity index (χ0v) is 23.2. The summed E-state index contributed by atoms with van der Waals surface area (Å²) in [5, 5.41) is 14.8. The number of aromatic nitrogens is 3. The van der Waals surface area contributed by atoms with E-state index in [9.17, 15) is 9.59 Å². The van der Waals surface area contributed by atoms with Crippen LogP contribution in [0.5, 0.6) is 5.75 Å². The summed E-state index contributed by atoms with van der Waals surface area (Å²) in [6.45, 7) is 2.11. The van der Waals surface area contributed by atoms with Crippen LogP contribution in [0, 0.1) is 6.92 Å². The summed E-state index contributed by atoms with van der Waals surface area (Å²) in [7, 11) is 3.09. The number of carbonyl (C=O) groups excluding carboxylic acids is 2. The van der Waals surface area contributed by atoms with E-state index < -0.39 is 5.97 Å². The molecule has 0 spiro atoms. The smallest absolute Gasteiger partial charge is 0.341 e. The lowest BCUT2D eigenvalue weighted by Crippen LogP contribution is -2.16. The number of carbonyl (C=O) groups is 2. The van der Waals surface area contributed by atoms with Crippen molar-refractivity contribution in [2.24, 2.45) is 7.05 Å². The van der Waals surface area contributed by atoms with E-state index in [-0.39, 0.29) is 18.3 Å². The highest BCUT2D eigenvalue weighted by Gasteiger charge is 2.23. The van der Waals surface area contributed by atoms with Crippen LogP contribution in [0.25, 0.3) is 11.1 Å². The molecule has 0 atom stereocenters. The van der Waals surface area contributed by atoms with Crippen molar-refractivity contribution in [1.29, 1.82) is 0 Å². The number of hydrogen-bond donors (Lipinski definition) is 1. The number of benzene rings is 2. The van der Waals surface area contributed by atoms with Gasteiger partial charge in [-0.1, -0.05) is 64.8 Å². The van der Waals surface area contributed by atoms with E-state index in [4.69, 9.17) is 32.7 Å². The highest BCUT2D eigenvalue weighted by atomic mass is 35.5. The van der Waals surface area contributed by atoms with Crippen molar-refractivity contribution in [3.8, 4) is 16.9 Å². The number of nitrogens with zero attached hydrogens (tertiary/aromatic N) is 3. The Bertz CT molecular complexity index is 1440. The number of halogens is 2. The topological polar surface area (TPSA) is 95.3 Å². The van der Waals surface area contributed by atoms with Crippen molar-refractivity contribution in [3.05, 3.63) is 74.8 Å². The van der Waals surface area contributed by atoms with Gasteiger partial charge in [0.05, 0.1) is 17.9 Å². The molecule has 1 N–H and O–H groups in total. The van der Waals surface area contributed by atoms with Gasteiger partial charge in [-0.3, -0.25) is 4.79 Å². The van der Waals surface area contributed by atoms with E-state index in [1.165, 1.54) is 30.2 Å². The molecule has 0 aliphatic carbocycles. The second kappa shape index (κ2) is 12.0. The van der Waals surface area contributed by atoms with E-state index in [0.717, 1.165) is 11.1 Å². The van der Waals surface area contributed by atoms with Crippen LogP contribution in [0.2, 0.25) is 10.0 Å². The van der Waals surface area contributed by atoms with Crippen LogP contribution >= 0.6 is 46.3 Å². The van der Waals surface area contributed by atoms with Gasteiger partial charge < -0.3 is 19.4 Å². The van der Waals surface area contributed by atoms with Gasteiger partial charge >= 0.3 is 5.97 Å². The Morgan fingerprint density at radius 2 is 1.89 bits per heavy atom. The number of methoxy groups -OCH3 is 1. The quantitative estimate of drug-likeness (QED) is 0.186. The molecule has 12 heteroatoms. The van der Waals surface area contributed by atoms with Gasteiger partial charge in [-0.05, 0) is 24.6 Å². The molecule has 0 bridgehead atoms. The average molecular weight is 578 g/mol. The predicted octanol–water partition coefficient (Wildman–Crippen LogP) is 6.26. The Balaban J connectivity index is 1.40. The first kappa shape index (κ1) is 27.0. The number of nitrogens with one attached hydrogen (secondary N) is 1. The first-order chi connectivity index (χ1) is 17.8. The SMILES string of the molecule is COC(=O)c1c(-c2ccc(C)cc2)csc1NC(=O)CSc1nnc(COc2cc(Cl)ccc2Cl)n1C. The van der Waals surface area contributed by atoms with Gasteiger partial charge in [0.2, 0.25) is 5.91 Å². The van der Waals surface area contributed by atoms with Crippen molar-refractivity contribution < 1.29 is 19.1 Å². The number of ether oxygens (including phenoxy) is 2. The third kappa shape index (κ3) is 6.45. The fraction of sp³-hybridized carbons (Fsp3) is 0.200. The second-order valence-electron chi connectivity index (χ2n) is 7.87. The third-order valence-electron chi connectivity index (χ3n) is 5.30. The lowest BCUT2D eigenvalue weighted by Gasteiger charge is -2.09. The predicted molar refractivity (Wildman–Crippen MR) is 147 cm³/mol. The number of hydrogen-bond acceptors (Lipinski definition) is 8. The van der Waals surface area contributed by atoms with Gasteiger partial charge in [0.25, 0.3) is 0 Å². The molecular formula is C25H22Cl2N4O4S2. The summed E-state index contributed by atoms with van der Waals surface area (Å²) in [6.07, 6.45) is 0. The maximum Gasteiger partial charge on any atom is 0.341 e. The number of anilines is 1. The lowest BCUT2D eigenvalue weighted by molar-refractivity contribution is -0.113. The highest BCUT2D eigenvalue weighted by Crippen LogP contribution is 2.36. The largest absolute Gasteiger partial charge is 0.484 e. The molecule has 2 heterocycles. The average Bonchev–Trinajstić information content (AvgIpc) is 3.46. The second-order valence-corrected chi connectivity index (χ2v) is 10.5. The summed E-state index contributed by atoms with van der Waals surface area (Å²) < 4.78 is 12.4. The van der Waals surface area contributed by atoms with Crippen LogP contribution in [-0.4, -0.2) is 39.5 Å². The molecule has 0 unspecified atom stereocenters. The summed E-state index contributed by atoms with van der Waals surface area (Å²) >= 11 is 14.6. The van der Waals surface area contributed by atoms with Gasteiger partial charge in [-0.2, -0.15) is 0 Å². The lowest BCUT2D eigenvalue weighted by atomic mass is 10.0. The van der Waals surface area contributed by atoms with Crippen LogP contribution in [0.3, 0.4) is 0 Å². The van der Waals surface area contributed by atoms with E-state index >= 15 is 0 Å². The number of aryl methyl sites for hydroxylation is 1. The summed E-state index contributed by atoms with van der Waals surface area (Å²) in [4.78, 5) is 25.3. The molecule has 2 aromatic carbocycles. The number of rotatable bonds is 9. The number of esters is 1. The third-order valence-corrected chi connectivity index (χ3v) is 7.77. The molecule has 0 fully saturated rings. The van der Waals surface area contributed by atoms with Crippen LogP contribution in [0.15, 0.2) is 53.0 Å². The van der Waals surface area contributed by atoms with Crippen LogP contribution < -0.4 is 10.1 Å². The summed E-state index contributed by atoms with van der Waals surface area (Å²) in [6, 6.07) is 12.7. The maximum absolute atomic E-state index is 12.8. The Kier molecular flexibility index (Phi) is 8.75.